The summed E-state index contributed by atoms with van der Waals surface area (Å²) < 4.78 is 11.5. The summed E-state index contributed by atoms with van der Waals surface area (Å²) >= 11 is 0. The van der Waals surface area contributed by atoms with Gasteiger partial charge in [-0.1, -0.05) is 13.8 Å². The van der Waals surface area contributed by atoms with Crippen molar-refractivity contribution >= 4 is 10.2 Å². The zero-order chi connectivity index (χ0) is 10.9. The van der Waals surface area contributed by atoms with Crippen molar-refractivity contribution in [3.05, 3.63) is 0 Å². The molecule has 0 spiro atoms. The molecule has 4 heteroatoms. The van der Waals surface area contributed by atoms with Crippen LogP contribution in [0.2, 0.25) is 0 Å². The molecule has 0 atom stereocenters. The molecule has 0 bridgehead atoms. The van der Waals surface area contributed by atoms with Crippen LogP contribution in [0.15, 0.2) is 0 Å². The Morgan fingerprint density at radius 1 is 1.14 bits per heavy atom. The van der Waals surface area contributed by atoms with Crippen molar-refractivity contribution in [2.45, 2.75) is 44.9 Å². The maximum absolute atomic E-state index is 5.77. The lowest BCUT2D eigenvalue weighted by atomic mass is 10.3. The average Bonchev–Trinajstić information content (AvgIpc) is 2.21. The fraction of sp³-hybridized carbons (Fsp3) is 1.00. The van der Waals surface area contributed by atoms with Crippen LogP contribution in [0.1, 0.15) is 39.5 Å². The maximum Gasteiger partial charge on any atom is 0.141 e. The summed E-state index contributed by atoms with van der Waals surface area (Å²) in [6, 6.07) is 0. The summed E-state index contributed by atoms with van der Waals surface area (Å²) in [7, 11) is 0.911. The second-order valence-electron chi connectivity index (χ2n) is 3.72. The first kappa shape index (κ1) is 14.1. The predicted molar refractivity (Wildman–Crippen MR) is 63.4 cm³/mol. The smallest absolute Gasteiger partial charge is 0.141 e. The van der Waals surface area contributed by atoms with E-state index in [9.17, 15) is 0 Å². The Morgan fingerprint density at radius 2 is 1.64 bits per heavy atom. The third kappa shape index (κ3) is 6.54. The lowest BCUT2D eigenvalue weighted by Gasteiger charge is -2.30. The number of hydrogen-bond donors (Lipinski definition) is 1. The van der Waals surface area contributed by atoms with Crippen LogP contribution < -0.4 is 5.73 Å². The van der Waals surface area contributed by atoms with E-state index in [1.807, 2.05) is 0 Å². The van der Waals surface area contributed by atoms with Crippen LogP contribution in [0.5, 0.6) is 0 Å². The van der Waals surface area contributed by atoms with Crippen molar-refractivity contribution in [3.8, 4) is 0 Å². The third-order valence-corrected chi connectivity index (χ3v) is 3.14. The van der Waals surface area contributed by atoms with Gasteiger partial charge < -0.3 is 15.2 Å². The zero-order valence-electron chi connectivity index (χ0n) is 9.84. The Bertz CT molecular complexity index is 112. The van der Waals surface area contributed by atoms with Crippen LogP contribution in [-0.2, 0) is 9.47 Å². The first-order valence-electron chi connectivity index (χ1n) is 5.66. The van der Waals surface area contributed by atoms with E-state index < -0.39 is 0 Å². The number of ether oxygens (including phenoxy) is 2. The minimum Gasteiger partial charge on any atom is -0.355 e. The number of nitrogens with two attached hydrogens (primary N) is 1. The fourth-order valence-electron chi connectivity index (χ4n) is 1.25. The molecule has 0 aliphatic carbocycles. The Labute approximate surface area is 90.8 Å². The van der Waals surface area contributed by atoms with Gasteiger partial charge in [-0.2, -0.15) is 0 Å². The first-order valence-corrected chi connectivity index (χ1v) is 6.66. The number of rotatable bonds is 9. The highest BCUT2D eigenvalue weighted by Gasteiger charge is 2.23. The highest BCUT2D eigenvalue weighted by Crippen LogP contribution is 2.16. The van der Waals surface area contributed by atoms with Crippen LogP contribution >= 0.6 is 0 Å². The second-order valence-corrected chi connectivity index (χ2v) is 5.25. The molecule has 0 aromatic rings. The Balaban J connectivity index is 3.89. The summed E-state index contributed by atoms with van der Waals surface area (Å²) in [4.78, 5) is 0. The molecule has 0 unspecified atom stereocenters. The molecule has 0 aromatic carbocycles. The van der Waals surface area contributed by atoms with E-state index in [1.165, 1.54) is 0 Å². The van der Waals surface area contributed by atoms with Crippen molar-refractivity contribution in [1.82, 2.24) is 0 Å². The Hall–Kier alpha value is 0.0969. The molecule has 0 radical (unpaired) electrons. The van der Waals surface area contributed by atoms with Gasteiger partial charge in [-0.15, -0.1) is 0 Å². The van der Waals surface area contributed by atoms with Crippen LogP contribution in [0.25, 0.3) is 0 Å². The van der Waals surface area contributed by atoms with Crippen molar-refractivity contribution in [2.24, 2.45) is 5.73 Å². The van der Waals surface area contributed by atoms with Crippen LogP contribution in [0.3, 0.4) is 0 Å². The second kappa shape index (κ2) is 8.41. The molecular weight excluding hydrogens is 194 g/mol. The van der Waals surface area contributed by atoms with Gasteiger partial charge in [0.1, 0.15) is 5.41 Å². The normalized spacial score (nSPS) is 12.2. The topological polar surface area (TPSA) is 44.5 Å². The minimum atomic E-state index is -0.286. The van der Waals surface area contributed by atoms with E-state index in [1.54, 1.807) is 0 Å². The molecule has 0 saturated heterocycles. The lowest BCUT2D eigenvalue weighted by molar-refractivity contribution is -0.182. The average molecular weight is 219 g/mol. The molecule has 0 rings (SSSR count). The molecule has 0 amide bonds. The molecule has 0 heterocycles. The quantitative estimate of drug-likeness (QED) is 0.456. The van der Waals surface area contributed by atoms with Gasteiger partial charge in [0.2, 0.25) is 0 Å². The van der Waals surface area contributed by atoms with Gasteiger partial charge in [0.15, 0.2) is 0 Å². The van der Waals surface area contributed by atoms with Gasteiger partial charge in [-0.3, -0.25) is 0 Å². The highest BCUT2D eigenvalue weighted by atomic mass is 28.1. The van der Waals surface area contributed by atoms with Gasteiger partial charge in [-0.05, 0) is 32.2 Å². The molecule has 2 N–H and O–H groups in total. The van der Waals surface area contributed by atoms with Crippen LogP contribution in [0, 0.1) is 0 Å². The van der Waals surface area contributed by atoms with E-state index in [4.69, 9.17) is 15.2 Å². The van der Waals surface area contributed by atoms with Crippen LogP contribution in [-0.4, -0.2) is 35.4 Å². The van der Waals surface area contributed by atoms with Crippen LogP contribution in [0.4, 0.5) is 0 Å². The summed E-state index contributed by atoms with van der Waals surface area (Å²) in [5, 5.41) is 0. The highest BCUT2D eigenvalue weighted by molar-refractivity contribution is 6.13. The number of hydrogen-bond acceptors (Lipinski definition) is 3. The Morgan fingerprint density at radius 3 is 2.00 bits per heavy atom. The standard InChI is InChI=1S/C10H25NO2Si/c1-3-8-12-10(14,6-5-7-11)13-9-4-2/h3-9,11H2,1-2,14H3. The Kier molecular flexibility index (Phi) is 8.47. The summed E-state index contributed by atoms with van der Waals surface area (Å²) in [6.45, 7) is 6.53. The fourth-order valence-corrected chi connectivity index (χ4v) is 2.01. The lowest BCUT2D eigenvalue weighted by Crippen LogP contribution is -2.37. The molecule has 14 heavy (non-hydrogen) atoms. The molecule has 0 saturated carbocycles. The maximum atomic E-state index is 5.77. The van der Waals surface area contributed by atoms with Crippen molar-refractivity contribution < 1.29 is 9.47 Å². The summed E-state index contributed by atoms with van der Waals surface area (Å²) in [5.74, 6) is 0. The van der Waals surface area contributed by atoms with Gasteiger partial charge >= 0.3 is 0 Å². The van der Waals surface area contributed by atoms with Gasteiger partial charge in [0.25, 0.3) is 0 Å². The van der Waals surface area contributed by atoms with Crippen molar-refractivity contribution in [2.75, 3.05) is 19.8 Å². The van der Waals surface area contributed by atoms with Gasteiger partial charge in [0, 0.05) is 13.2 Å². The zero-order valence-corrected chi connectivity index (χ0v) is 11.8. The summed E-state index contributed by atoms with van der Waals surface area (Å²) in [5.41, 5.74) is 5.21. The minimum absolute atomic E-state index is 0.286. The molecule has 0 fully saturated rings. The van der Waals surface area contributed by atoms with E-state index in [0.717, 1.165) is 55.7 Å². The molecular formula is C10H25NO2Si. The molecule has 0 aliphatic rings. The SMILES string of the molecule is CCCOC([SiH3])(CCCN)OCCC. The monoisotopic (exact) mass is 219 g/mol. The van der Waals surface area contributed by atoms with E-state index >= 15 is 0 Å². The largest absolute Gasteiger partial charge is 0.355 e. The third-order valence-electron chi connectivity index (χ3n) is 2.06. The molecule has 86 valence electrons. The predicted octanol–water partition coefficient (Wildman–Crippen LogP) is 0.598. The molecule has 3 nitrogen and oxygen atoms in total. The van der Waals surface area contributed by atoms with Gasteiger partial charge in [0.05, 0.1) is 10.2 Å². The molecule has 0 aromatic heterocycles. The van der Waals surface area contributed by atoms with E-state index in [-0.39, 0.29) is 5.41 Å². The summed E-state index contributed by atoms with van der Waals surface area (Å²) in [6.07, 6.45) is 4.01. The van der Waals surface area contributed by atoms with Crippen molar-refractivity contribution in [1.29, 1.82) is 0 Å². The van der Waals surface area contributed by atoms with Crippen molar-refractivity contribution in [3.63, 3.8) is 0 Å². The molecule has 0 aliphatic heterocycles. The van der Waals surface area contributed by atoms with E-state index in [2.05, 4.69) is 13.8 Å². The first-order chi connectivity index (χ1) is 6.68. The van der Waals surface area contributed by atoms with E-state index in [0.29, 0.717) is 0 Å². The van der Waals surface area contributed by atoms with Gasteiger partial charge in [-0.25, -0.2) is 0 Å².